The van der Waals surface area contributed by atoms with Crippen LogP contribution in [0.4, 0.5) is 13.2 Å². The van der Waals surface area contributed by atoms with Crippen molar-refractivity contribution in [3.63, 3.8) is 0 Å². The standard InChI is InChI=1S/C25H28F3N3O/c1-3-5-9-18(4-2)15-30-24(32)23-16-29-17-31(23)20-11-8-10-19(14-20)21-12-6-7-13-22(21)25(26,27)28/h6-8,10-14,16-18H,3-5,9,15H2,1-2H3,(H,30,32)/t18-/m0/s1. The molecule has 3 aromatic rings. The first-order valence-corrected chi connectivity index (χ1v) is 10.9. The molecule has 4 nitrogen and oxygen atoms in total. The summed E-state index contributed by atoms with van der Waals surface area (Å²) in [7, 11) is 0. The van der Waals surface area contributed by atoms with Gasteiger partial charge in [-0.25, -0.2) is 4.98 Å². The maximum atomic E-state index is 13.5. The van der Waals surface area contributed by atoms with Crippen LogP contribution in [0.1, 0.15) is 55.6 Å². The maximum Gasteiger partial charge on any atom is 0.417 e. The van der Waals surface area contributed by atoms with Crippen molar-refractivity contribution in [2.45, 2.75) is 45.7 Å². The van der Waals surface area contributed by atoms with Gasteiger partial charge in [0.05, 0.1) is 18.1 Å². The molecule has 0 aliphatic heterocycles. The van der Waals surface area contributed by atoms with Gasteiger partial charge in [-0.1, -0.05) is 63.4 Å². The van der Waals surface area contributed by atoms with Crippen LogP contribution < -0.4 is 5.32 Å². The van der Waals surface area contributed by atoms with Crippen LogP contribution in [0.5, 0.6) is 0 Å². The molecule has 0 saturated carbocycles. The van der Waals surface area contributed by atoms with Gasteiger partial charge in [0.15, 0.2) is 0 Å². The molecule has 0 saturated heterocycles. The van der Waals surface area contributed by atoms with Crippen molar-refractivity contribution in [3.05, 3.63) is 72.3 Å². The summed E-state index contributed by atoms with van der Waals surface area (Å²) in [4.78, 5) is 16.9. The maximum absolute atomic E-state index is 13.5. The molecule has 1 heterocycles. The first kappa shape index (κ1) is 23.6. The summed E-state index contributed by atoms with van der Waals surface area (Å²) in [6.07, 6.45) is 2.80. The average molecular weight is 444 g/mol. The van der Waals surface area contributed by atoms with E-state index in [4.69, 9.17) is 0 Å². The monoisotopic (exact) mass is 443 g/mol. The molecule has 3 rings (SSSR count). The Balaban J connectivity index is 1.85. The van der Waals surface area contributed by atoms with Crippen LogP contribution in [0.15, 0.2) is 61.1 Å². The van der Waals surface area contributed by atoms with Crippen LogP contribution in [0.25, 0.3) is 16.8 Å². The third kappa shape index (κ3) is 5.58. The lowest BCUT2D eigenvalue weighted by molar-refractivity contribution is -0.137. The molecule has 1 aromatic heterocycles. The van der Waals surface area contributed by atoms with Crippen LogP contribution in [-0.2, 0) is 6.18 Å². The van der Waals surface area contributed by atoms with Crippen molar-refractivity contribution in [1.29, 1.82) is 0 Å². The van der Waals surface area contributed by atoms with Crippen molar-refractivity contribution in [2.24, 2.45) is 5.92 Å². The number of unbranched alkanes of at least 4 members (excludes halogenated alkanes) is 1. The Labute approximate surface area is 186 Å². The lowest BCUT2D eigenvalue weighted by Crippen LogP contribution is -2.30. The molecule has 0 bridgehead atoms. The second-order valence-corrected chi connectivity index (χ2v) is 7.87. The SMILES string of the molecule is CCCC[C@H](CC)CNC(=O)c1cncn1-c1cccc(-c2ccccc2C(F)(F)F)c1. The number of hydrogen-bond acceptors (Lipinski definition) is 2. The Morgan fingerprint density at radius 2 is 1.91 bits per heavy atom. The van der Waals surface area contributed by atoms with E-state index in [0.717, 1.165) is 31.7 Å². The third-order valence-corrected chi connectivity index (χ3v) is 5.63. The predicted molar refractivity (Wildman–Crippen MR) is 120 cm³/mol. The molecular weight excluding hydrogens is 415 g/mol. The highest BCUT2D eigenvalue weighted by molar-refractivity contribution is 5.93. The predicted octanol–water partition coefficient (Wildman–Crippen LogP) is 6.50. The number of carbonyl (C=O) groups is 1. The summed E-state index contributed by atoms with van der Waals surface area (Å²) in [5.74, 6) is 0.163. The summed E-state index contributed by atoms with van der Waals surface area (Å²) in [6.45, 7) is 4.84. The van der Waals surface area contributed by atoms with Gasteiger partial charge in [0.1, 0.15) is 5.69 Å². The number of alkyl halides is 3. The van der Waals surface area contributed by atoms with E-state index in [-0.39, 0.29) is 11.5 Å². The van der Waals surface area contributed by atoms with E-state index >= 15 is 0 Å². The van der Waals surface area contributed by atoms with E-state index < -0.39 is 11.7 Å². The number of rotatable bonds is 9. The largest absolute Gasteiger partial charge is 0.417 e. The van der Waals surface area contributed by atoms with E-state index in [2.05, 4.69) is 24.1 Å². The van der Waals surface area contributed by atoms with E-state index in [1.165, 1.54) is 24.7 Å². The number of nitrogens with one attached hydrogen (secondary N) is 1. The second-order valence-electron chi connectivity index (χ2n) is 7.87. The first-order valence-electron chi connectivity index (χ1n) is 10.9. The molecule has 0 unspecified atom stereocenters. The first-order chi connectivity index (χ1) is 15.3. The summed E-state index contributed by atoms with van der Waals surface area (Å²) in [6, 6.07) is 12.2. The molecule has 1 N–H and O–H groups in total. The number of hydrogen-bond donors (Lipinski definition) is 1. The van der Waals surface area contributed by atoms with Crippen molar-refractivity contribution >= 4 is 5.91 Å². The molecule has 2 aromatic carbocycles. The molecule has 0 spiro atoms. The highest BCUT2D eigenvalue weighted by atomic mass is 19.4. The fraction of sp³-hybridized carbons (Fsp3) is 0.360. The summed E-state index contributed by atoms with van der Waals surface area (Å²) >= 11 is 0. The summed E-state index contributed by atoms with van der Waals surface area (Å²) in [5, 5.41) is 2.98. The van der Waals surface area contributed by atoms with Gasteiger partial charge in [-0.15, -0.1) is 0 Å². The molecule has 0 fully saturated rings. The zero-order valence-electron chi connectivity index (χ0n) is 18.3. The van der Waals surface area contributed by atoms with Crippen LogP contribution in [0.3, 0.4) is 0 Å². The van der Waals surface area contributed by atoms with Crippen molar-refractivity contribution in [2.75, 3.05) is 6.54 Å². The summed E-state index contributed by atoms with van der Waals surface area (Å²) in [5.41, 5.74) is 0.728. The molecule has 7 heteroatoms. The normalized spacial score (nSPS) is 12.5. The lowest BCUT2D eigenvalue weighted by atomic mass is 9.99. The number of benzene rings is 2. The highest BCUT2D eigenvalue weighted by Gasteiger charge is 2.33. The molecule has 0 aliphatic rings. The number of nitrogens with zero attached hydrogens (tertiary/aromatic N) is 2. The zero-order chi connectivity index (χ0) is 23.1. The minimum atomic E-state index is -4.46. The van der Waals surface area contributed by atoms with Crippen molar-refractivity contribution < 1.29 is 18.0 Å². The number of amides is 1. The van der Waals surface area contributed by atoms with E-state index in [9.17, 15) is 18.0 Å². The Kier molecular flexibility index (Phi) is 7.72. The molecular formula is C25H28F3N3O. The van der Waals surface area contributed by atoms with Crippen LogP contribution >= 0.6 is 0 Å². The Morgan fingerprint density at radius 3 is 2.62 bits per heavy atom. The smallest absolute Gasteiger partial charge is 0.350 e. The van der Waals surface area contributed by atoms with E-state index in [1.807, 2.05) is 0 Å². The minimum Gasteiger partial charge on any atom is -0.350 e. The Morgan fingerprint density at radius 1 is 1.12 bits per heavy atom. The van der Waals surface area contributed by atoms with Gasteiger partial charge in [-0.05, 0) is 41.7 Å². The van der Waals surface area contributed by atoms with Gasteiger partial charge < -0.3 is 5.32 Å². The topological polar surface area (TPSA) is 46.9 Å². The zero-order valence-corrected chi connectivity index (χ0v) is 18.3. The van der Waals surface area contributed by atoms with Crippen molar-refractivity contribution in [1.82, 2.24) is 14.9 Å². The van der Waals surface area contributed by atoms with Gasteiger partial charge in [0.25, 0.3) is 5.91 Å². The van der Waals surface area contributed by atoms with Gasteiger partial charge >= 0.3 is 6.18 Å². The molecule has 1 amide bonds. The fourth-order valence-corrected chi connectivity index (χ4v) is 3.75. The Bertz CT molecular complexity index is 1040. The quantitative estimate of drug-likeness (QED) is 0.410. The van der Waals surface area contributed by atoms with Gasteiger partial charge in [0, 0.05) is 12.2 Å². The van der Waals surface area contributed by atoms with Crippen LogP contribution in [0, 0.1) is 5.92 Å². The highest BCUT2D eigenvalue weighted by Crippen LogP contribution is 2.37. The van der Waals surface area contributed by atoms with E-state index in [1.54, 1.807) is 34.9 Å². The van der Waals surface area contributed by atoms with Crippen LogP contribution in [0.2, 0.25) is 0 Å². The number of imidazole rings is 1. The minimum absolute atomic E-state index is 0.0923. The van der Waals surface area contributed by atoms with Gasteiger partial charge in [-0.3, -0.25) is 9.36 Å². The van der Waals surface area contributed by atoms with E-state index in [0.29, 0.717) is 29.4 Å². The van der Waals surface area contributed by atoms with Gasteiger partial charge in [-0.2, -0.15) is 13.2 Å². The third-order valence-electron chi connectivity index (χ3n) is 5.63. The molecule has 0 aliphatic carbocycles. The van der Waals surface area contributed by atoms with Crippen molar-refractivity contribution in [3.8, 4) is 16.8 Å². The fourth-order valence-electron chi connectivity index (χ4n) is 3.75. The average Bonchev–Trinajstić information content (AvgIpc) is 3.29. The Hall–Kier alpha value is -3.09. The number of aromatic nitrogens is 2. The molecule has 1 atom stereocenters. The number of halogens is 3. The lowest BCUT2D eigenvalue weighted by Gasteiger charge is -2.16. The summed E-state index contributed by atoms with van der Waals surface area (Å²) < 4.78 is 42.0. The molecule has 32 heavy (non-hydrogen) atoms. The van der Waals surface area contributed by atoms with Gasteiger partial charge in [0.2, 0.25) is 0 Å². The number of carbonyl (C=O) groups excluding carboxylic acids is 1. The molecule has 170 valence electrons. The second kappa shape index (κ2) is 10.5. The molecule has 0 radical (unpaired) electrons. The van der Waals surface area contributed by atoms with Crippen LogP contribution in [-0.4, -0.2) is 22.0 Å².